The van der Waals surface area contributed by atoms with Crippen molar-refractivity contribution in [3.63, 3.8) is 0 Å². The molecule has 1 fully saturated rings. The monoisotopic (exact) mass is 315 g/mol. The van der Waals surface area contributed by atoms with Crippen molar-refractivity contribution in [2.24, 2.45) is 5.92 Å². The highest BCUT2D eigenvalue weighted by Crippen LogP contribution is 2.17. The first kappa shape index (κ1) is 16.5. The van der Waals surface area contributed by atoms with Gasteiger partial charge in [0, 0.05) is 0 Å². The minimum absolute atomic E-state index is 0.0296. The molecule has 1 aliphatic rings. The number of furan rings is 1. The first-order valence-corrected chi connectivity index (χ1v) is 8.98. The van der Waals surface area contributed by atoms with E-state index in [4.69, 9.17) is 4.42 Å². The molecule has 1 aromatic heterocycles. The lowest BCUT2D eigenvalue weighted by atomic mass is 9.97. The van der Waals surface area contributed by atoms with Crippen molar-refractivity contribution < 1.29 is 12.8 Å². The normalized spacial score (nSPS) is 18.2. The van der Waals surface area contributed by atoms with E-state index in [2.05, 4.69) is 21.9 Å². The smallest absolute Gasteiger partial charge is 0.273 e. The van der Waals surface area contributed by atoms with Gasteiger partial charge in [-0.2, -0.15) is 0 Å². The summed E-state index contributed by atoms with van der Waals surface area (Å²) in [7, 11) is -2.11. The summed E-state index contributed by atoms with van der Waals surface area (Å²) in [5.74, 6) is 1.35. The predicted molar refractivity (Wildman–Crippen MR) is 81.5 cm³/mol. The molecule has 120 valence electrons. The van der Waals surface area contributed by atoms with Gasteiger partial charge in [-0.15, -0.1) is 0 Å². The summed E-state index contributed by atoms with van der Waals surface area (Å²) >= 11 is 0. The van der Waals surface area contributed by atoms with E-state index in [-0.39, 0.29) is 5.09 Å². The Morgan fingerprint density at radius 1 is 1.33 bits per heavy atom. The number of sulfonamides is 1. The van der Waals surface area contributed by atoms with Crippen LogP contribution in [0.15, 0.2) is 21.6 Å². The maximum absolute atomic E-state index is 11.6. The molecule has 0 bridgehead atoms. The van der Waals surface area contributed by atoms with E-state index < -0.39 is 10.0 Å². The lowest BCUT2D eigenvalue weighted by Gasteiger charge is -2.31. The Kier molecular flexibility index (Phi) is 5.80. The highest BCUT2D eigenvalue weighted by atomic mass is 32.2. The van der Waals surface area contributed by atoms with Crippen molar-refractivity contribution in [1.82, 2.24) is 14.9 Å². The van der Waals surface area contributed by atoms with Crippen LogP contribution < -0.4 is 10.0 Å². The van der Waals surface area contributed by atoms with Gasteiger partial charge in [-0.3, -0.25) is 0 Å². The molecule has 0 spiro atoms. The molecule has 0 aromatic carbocycles. The van der Waals surface area contributed by atoms with Crippen LogP contribution in [0.2, 0.25) is 0 Å². The molecular formula is C14H25N3O3S. The predicted octanol–water partition coefficient (Wildman–Crippen LogP) is 1.01. The topological polar surface area (TPSA) is 74.6 Å². The lowest BCUT2D eigenvalue weighted by Crippen LogP contribution is -2.36. The summed E-state index contributed by atoms with van der Waals surface area (Å²) in [6.07, 6.45) is 2.44. The second-order valence-corrected chi connectivity index (χ2v) is 7.25. The lowest BCUT2D eigenvalue weighted by molar-refractivity contribution is 0.189. The Hall–Kier alpha value is -0.890. The fourth-order valence-corrected chi connectivity index (χ4v) is 3.27. The minimum Gasteiger partial charge on any atom is -0.447 e. The quantitative estimate of drug-likeness (QED) is 0.785. The molecule has 7 heteroatoms. The molecule has 1 aliphatic heterocycles. The van der Waals surface area contributed by atoms with Gasteiger partial charge < -0.3 is 14.6 Å². The molecule has 21 heavy (non-hydrogen) atoms. The van der Waals surface area contributed by atoms with E-state index in [0.717, 1.165) is 13.1 Å². The summed E-state index contributed by atoms with van der Waals surface area (Å²) in [4.78, 5) is 2.47. The molecule has 2 rings (SSSR count). The molecule has 1 aromatic rings. The van der Waals surface area contributed by atoms with Crippen molar-refractivity contribution in [2.75, 3.05) is 33.2 Å². The molecule has 0 aliphatic carbocycles. The van der Waals surface area contributed by atoms with Gasteiger partial charge in [0.25, 0.3) is 10.0 Å². The van der Waals surface area contributed by atoms with Gasteiger partial charge >= 0.3 is 0 Å². The van der Waals surface area contributed by atoms with Crippen molar-refractivity contribution >= 4 is 10.0 Å². The molecule has 0 radical (unpaired) electrons. The van der Waals surface area contributed by atoms with Crippen LogP contribution in [-0.2, 0) is 16.6 Å². The first-order valence-electron chi connectivity index (χ1n) is 7.50. The molecule has 2 heterocycles. The number of nitrogens with one attached hydrogen (secondary N) is 2. The largest absolute Gasteiger partial charge is 0.447 e. The molecule has 1 saturated heterocycles. The van der Waals surface area contributed by atoms with E-state index in [1.807, 2.05) is 0 Å². The van der Waals surface area contributed by atoms with Crippen molar-refractivity contribution in [3.05, 3.63) is 17.9 Å². The summed E-state index contributed by atoms with van der Waals surface area (Å²) in [6, 6.07) is 3.19. The third-order valence-electron chi connectivity index (χ3n) is 4.06. The number of hydrogen-bond donors (Lipinski definition) is 2. The average molecular weight is 315 g/mol. The fraction of sp³-hybridized carbons (Fsp3) is 0.714. The standard InChI is InChI=1S/C14H25N3O3S/c1-3-17-8-6-12(7-9-17)10-16-11-13-4-5-14(20-13)21(18,19)15-2/h4-5,12,15-16H,3,6-11H2,1-2H3. The average Bonchev–Trinajstić information content (AvgIpc) is 2.98. The Morgan fingerprint density at radius 2 is 2.05 bits per heavy atom. The molecule has 0 unspecified atom stereocenters. The van der Waals surface area contributed by atoms with Crippen molar-refractivity contribution in [1.29, 1.82) is 0 Å². The zero-order chi connectivity index (χ0) is 15.3. The van der Waals surface area contributed by atoms with E-state index in [1.165, 1.54) is 39.0 Å². The third kappa shape index (κ3) is 4.54. The SMILES string of the molecule is CCN1CCC(CNCc2ccc(S(=O)(=O)NC)o2)CC1. The van der Waals surface area contributed by atoms with Gasteiger partial charge in [-0.25, -0.2) is 13.1 Å². The van der Waals surface area contributed by atoms with E-state index in [9.17, 15) is 8.42 Å². The van der Waals surface area contributed by atoms with Crippen LogP contribution in [0.3, 0.4) is 0 Å². The summed E-state index contributed by atoms with van der Waals surface area (Å²) in [6.45, 7) is 7.20. The van der Waals surface area contributed by atoms with Crippen molar-refractivity contribution in [2.45, 2.75) is 31.4 Å². The highest BCUT2D eigenvalue weighted by Gasteiger charge is 2.18. The summed E-state index contributed by atoms with van der Waals surface area (Å²) in [5.41, 5.74) is 0. The van der Waals surface area contributed by atoms with E-state index in [0.29, 0.717) is 18.2 Å². The third-order valence-corrected chi connectivity index (χ3v) is 5.34. The number of rotatable bonds is 7. The zero-order valence-electron chi connectivity index (χ0n) is 12.8. The minimum atomic E-state index is -3.48. The molecule has 2 N–H and O–H groups in total. The first-order chi connectivity index (χ1) is 10.0. The molecule has 0 amide bonds. The number of piperidine rings is 1. The van der Waals surface area contributed by atoms with E-state index in [1.54, 1.807) is 6.07 Å². The van der Waals surface area contributed by atoms with Crippen LogP contribution >= 0.6 is 0 Å². The van der Waals surface area contributed by atoms with Crippen LogP contribution in [0, 0.1) is 5.92 Å². The Morgan fingerprint density at radius 3 is 2.67 bits per heavy atom. The Balaban J connectivity index is 1.75. The fourth-order valence-electron chi connectivity index (χ4n) is 2.60. The van der Waals surface area contributed by atoms with Crippen LogP contribution in [0.4, 0.5) is 0 Å². The van der Waals surface area contributed by atoms with Crippen LogP contribution in [-0.4, -0.2) is 46.5 Å². The second kappa shape index (κ2) is 7.40. The number of nitrogens with zero attached hydrogens (tertiary/aromatic N) is 1. The maximum atomic E-state index is 11.6. The Bertz CT molecular complexity index is 533. The van der Waals surface area contributed by atoms with Gasteiger partial charge in [0.05, 0.1) is 6.54 Å². The van der Waals surface area contributed by atoms with Gasteiger partial charge in [0.2, 0.25) is 5.09 Å². The van der Waals surface area contributed by atoms with Gasteiger partial charge in [0.15, 0.2) is 0 Å². The van der Waals surface area contributed by atoms with Crippen LogP contribution in [0.25, 0.3) is 0 Å². The number of likely N-dealkylation sites (tertiary alicyclic amines) is 1. The van der Waals surface area contributed by atoms with Gasteiger partial charge in [-0.05, 0) is 64.1 Å². The summed E-state index contributed by atoms with van der Waals surface area (Å²) < 4.78 is 30.7. The summed E-state index contributed by atoms with van der Waals surface area (Å²) in [5, 5.41) is 3.33. The number of hydrogen-bond acceptors (Lipinski definition) is 5. The van der Waals surface area contributed by atoms with Crippen LogP contribution in [0.1, 0.15) is 25.5 Å². The van der Waals surface area contributed by atoms with Gasteiger partial charge in [0.1, 0.15) is 5.76 Å². The zero-order valence-corrected chi connectivity index (χ0v) is 13.6. The Labute approximate surface area is 126 Å². The molecule has 6 nitrogen and oxygen atoms in total. The van der Waals surface area contributed by atoms with E-state index >= 15 is 0 Å². The van der Waals surface area contributed by atoms with Gasteiger partial charge in [-0.1, -0.05) is 6.92 Å². The van der Waals surface area contributed by atoms with Crippen LogP contribution in [0.5, 0.6) is 0 Å². The molecular weight excluding hydrogens is 290 g/mol. The molecule has 0 saturated carbocycles. The maximum Gasteiger partial charge on any atom is 0.273 e. The highest BCUT2D eigenvalue weighted by molar-refractivity contribution is 7.89. The van der Waals surface area contributed by atoms with Crippen molar-refractivity contribution in [3.8, 4) is 0 Å². The second-order valence-electron chi connectivity index (χ2n) is 5.44. The molecule has 0 atom stereocenters.